The summed E-state index contributed by atoms with van der Waals surface area (Å²) in [6.07, 6.45) is -3.30. The van der Waals surface area contributed by atoms with Crippen LogP contribution >= 0.6 is 0 Å². The minimum Gasteiger partial charge on any atom is -0.488 e. The van der Waals surface area contributed by atoms with Crippen LogP contribution in [0.2, 0.25) is 0 Å². The van der Waals surface area contributed by atoms with E-state index in [4.69, 9.17) is 10.5 Å². The zero-order valence-electron chi connectivity index (χ0n) is 12.2. The number of hydrogen-bond acceptors (Lipinski definition) is 3. The van der Waals surface area contributed by atoms with Crippen LogP contribution in [0.5, 0.6) is 5.75 Å². The predicted molar refractivity (Wildman–Crippen MR) is 75.3 cm³/mol. The van der Waals surface area contributed by atoms with Gasteiger partial charge in [0, 0.05) is 0 Å². The lowest BCUT2D eigenvalue weighted by atomic mass is 10.2. The highest BCUT2D eigenvalue weighted by molar-refractivity contribution is 5.88. The summed E-state index contributed by atoms with van der Waals surface area (Å²) in [6.45, 7) is 1.91. The average Bonchev–Trinajstić information content (AvgIpc) is 3.21. The van der Waals surface area contributed by atoms with Gasteiger partial charge in [0.25, 0.3) is 0 Å². The zero-order chi connectivity index (χ0) is 16.4. The van der Waals surface area contributed by atoms with Gasteiger partial charge in [-0.15, -0.1) is 0 Å². The molecule has 2 rings (SSSR count). The lowest BCUT2D eigenvalue weighted by Gasteiger charge is -2.21. The summed E-state index contributed by atoms with van der Waals surface area (Å²) >= 11 is 0. The van der Waals surface area contributed by atoms with E-state index in [1.807, 2.05) is 0 Å². The van der Waals surface area contributed by atoms with E-state index in [1.54, 1.807) is 6.92 Å². The third-order valence-corrected chi connectivity index (χ3v) is 3.67. The zero-order valence-corrected chi connectivity index (χ0v) is 12.2. The second-order valence-corrected chi connectivity index (χ2v) is 5.51. The lowest BCUT2D eigenvalue weighted by molar-refractivity contribution is -0.139. The molecule has 1 fully saturated rings. The second kappa shape index (κ2) is 6.16. The predicted octanol–water partition coefficient (Wildman–Crippen LogP) is 2.47. The van der Waals surface area contributed by atoms with Crippen LogP contribution in [0.15, 0.2) is 24.3 Å². The van der Waals surface area contributed by atoms with Gasteiger partial charge in [-0.05, 0) is 31.4 Å². The van der Waals surface area contributed by atoms with Crippen LogP contribution in [0, 0.1) is 0 Å². The molecule has 1 saturated carbocycles. The monoisotopic (exact) mass is 316 g/mol. The van der Waals surface area contributed by atoms with Crippen LogP contribution in [0.4, 0.5) is 13.2 Å². The average molecular weight is 316 g/mol. The fraction of sp³-hybridized carbons (Fsp3) is 0.533. The van der Waals surface area contributed by atoms with Gasteiger partial charge in [0.15, 0.2) is 0 Å². The molecule has 1 aliphatic rings. The van der Waals surface area contributed by atoms with Gasteiger partial charge in [0.1, 0.15) is 11.9 Å². The van der Waals surface area contributed by atoms with Crippen molar-refractivity contribution in [1.82, 2.24) is 5.32 Å². The highest BCUT2D eigenvalue weighted by Gasteiger charge is 2.45. The number of amides is 1. The molecule has 1 amide bonds. The van der Waals surface area contributed by atoms with E-state index in [-0.39, 0.29) is 18.2 Å². The number of ether oxygens (including phenoxy) is 1. The molecule has 1 aromatic carbocycles. The maximum atomic E-state index is 12.9. The fourth-order valence-electron chi connectivity index (χ4n) is 2.00. The Hall–Kier alpha value is -1.76. The second-order valence-electron chi connectivity index (χ2n) is 5.51. The summed E-state index contributed by atoms with van der Waals surface area (Å²) < 4.78 is 44.2. The summed E-state index contributed by atoms with van der Waals surface area (Å²) in [5.74, 6) is -0.511. The number of rotatable bonds is 6. The van der Waals surface area contributed by atoms with Crippen LogP contribution in [-0.2, 0) is 11.0 Å². The summed E-state index contributed by atoms with van der Waals surface area (Å²) in [5, 5.41) is 2.64. The van der Waals surface area contributed by atoms with E-state index in [0.717, 1.165) is 6.07 Å². The van der Waals surface area contributed by atoms with E-state index in [1.165, 1.54) is 18.2 Å². The normalized spacial score (nSPS) is 17.7. The first-order valence-corrected chi connectivity index (χ1v) is 7.16. The Balaban J connectivity index is 2.00. The molecule has 1 aromatic rings. The molecule has 0 aromatic heterocycles. The van der Waals surface area contributed by atoms with Crippen LogP contribution in [-0.4, -0.2) is 24.1 Å². The third-order valence-electron chi connectivity index (χ3n) is 3.67. The quantitative estimate of drug-likeness (QED) is 0.847. The van der Waals surface area contributed by atoms with Gasteiger partial charge in [0.2, 0.25) is 5.91 Å². The molecule has 7 heteroatoms. The van der Waals surface area contributed by atoms with E-state index in [0.29, 0.717) is 19.3 Å². The Bertz CT molecular complexity index is 542. The molecule has 1 atom stereocenters. The molecule has 0 spiro atoms. The molecule has 0 radical (unpaired) electrons. The Morgan fingerprint density at radius 1 is 1.41 bits per heavy atom. The smallest absolute Gasteiger partial charge is 0.419 e. The summed E-state index contributed by atoms with van der Waals surface area (Å²) in [7, 11) is 0. The van der Waals surface area contributed by atoms with Gasteiger partial charge in [-0.2, -0.15) is 13.2 Å². The minimum atomic E-state index is -4.48. The highest BCUT2D eigenvalue weighted by Crippen LogP contribution is 2.36. The Labute approximate surface area is 126 Å². The van der Waals surface area contributed by atoms with Crippen LogP contribution < -0.4 is 15.8 Å². The number of hydrogen-bond donors (Lipinski definition) is 2. The molecule has 0 bridgehead atoms. The summed E-state index contributed by atoms with van der Waals surface area (Å²) in [5.41, 5.74) is 4.12. The maximum Gasteiger partial charge on any atom is 0.419 e. The van der Waals surface area contributed by atoms with E-state index in [2.05, 4.69) is 5.32 Å². The first-order chi connectivity index (χ1) is 10.3. The molecule has 122 valence electrons. The number of nitrogens with two attached hydrogens (primary N) is 1. The standard InChI is InChI=1S/C15H19F3N2O2/c1-2-10(9-20-13(21)14(19)7-8-14)22-12-6-4-3-5-11(12)15(16,17)18/h3-6,10H,2,7-9,19H2,1H3,(H,20,21). The molecular weight excluding hydrogens is 297 g/mol. The van der Waals surface area contributed by atoms with Crippen molar-refractivity contribution < 1.29 is 22.7 Å². The largest absolute Gasteiger partial charge is 0.488 e. The number of alkyl halides is 3. The molecule has 3 N–H and O–H groups in total. The third kappa shape index (κ3) is 3.91. The topological polar surface area (TPSA) is 64.4 Å². The van der Waals surface area contributed by atoms with Crippen molar-refractivity contribution in [3.05, 3.63) is 29.8 Å². The minimum absolute atomic E-state index is 0.125. The number of para-hydroxylation sites is 1. The molecule has 4 nitrogen and oxygen atoms in total. The van der Waals surface area contributed by atoms with Crippen molar-refractivity contribution in [1.29, 1.82) is 0 Å². The van der Waals surface area contributed by atoms with Crippen molar-refractivity contribution in [3.63, 3.8) is 0 Å². The number of halogens is 3. The van der Waals surface area contributed by atoms with Crippen molar-refractivity contribution >= 4 is 5.91 Å². The number of benzene rings is 1. The van der Waals surface area contributed by atoms with Gasteiger partial charge >= 0.3 is 6.18 Å². The summed E-state index contributed by atoms with van der Waals surface area (Å²) in [4.78, 5) is 11.8. The van der Waals surface area contributed by atoms with Crippen molar-refractivity contribution in [3.8, 4) is 5.75 Å². The van der Waals surface area contributed by atoms with Crippen LogP contribution in [0.25, 0.3) is 0 Å². The molecule has 0 heterocycles. The molecule has 1 unspecified atom stereocenters. The Morgan fingerprint density at radius 3 is 2.59 bits per heavy atom. The number of nitrogens with one attached hydrogen (secondary N) is 1. The van der Waals surface area contributed by atoms with E-state index < -0.39 is 23.4 Å². The SMILES string of the molecule is CCC(CNC(=O)C1(N)CC1)Oc1ccccc1C(F)(F)F. The van der Waals surface area contributed by atoms with Crippen LogP contribution in [0.3, 0.4) is 0 Å². The van der Waals surface area contributed by atoms with Gasteiger partial charge in [0.05, 0.1) is 17.6 Å². The highest BCUT2D eigenvalue weighted by atomic mass is 19.4. The van der Waals surface area contributed by atoms with Crippen LogP contribution in [0.1, 0.15) is 31.7 Å². The molecule has 22 heavy (non-hydrogen) atoms. The number of carbonyl (C=O) groups excluding carboxylic acids is 1. The first-order valence-electron chi connectivity index (χ1n) is 7.16. The fourth-order valence-corrected chi connectivity index (χ4v) is 2.00. The maximum absolute atomic E-state index is 12.9. The van der Waals surface area contributed by atoms with Gasteiger partial charge in [-0.3, -0.25) is 4.79 Å². The Kier molecular flexibility index (Phi) is 4.65. The van der Waals surface area contributed by atoms with E-state index >= 15 is 0 Å². The Morgan fingerprint density at radius 2 is 2.05 bits per heavy atom. The van der Waals surface area contributed by atoms with Gasteiger partial charge < -0.3 is 15.8 Å². The molecule has 1 aliphatic carbocycles. The lowest BCUT2D eigenvalue weighted by Crippen LogP contribution is -2.46. The van der Waals surface area contributed by atoms with Crippen molar-refractivity contribution in [2.75, 3.05) is 6.54 Å². The van der Waals surface area contributed by atoms with E-state index in [9.17, 15) is 18.0 Å². The van der Waals surface area contributed by atoms with Crippen molar-refractivity contribution in [2.24, 2.45) is 5.73 Å². The molecule has 0 aliphatic heterocycles. The number of carbonyl (C=O) groups is 1. The van der Waals surface area contributed by atoms with Crippen molar-refractivity contribution in [2.45, 2.75) is 44.0 Å². The van der Waals surface area contributed by atoms with Gasteiger partial charge in [-0.25, -0.2) is 0 Å². The molecular formula is C15H19F3N2O2. The summed E-state index contributed by atoms with van der Waals surface area (Å²) in [6, 6.07) is 5.04. The molecule has 0 saturated heterocycles. The first kappa shape index (κ1) is 16.6. The van der Waals surface area contributed by atoms with Gasteiger partial charge in [-0.1, -0.05) is 19.1 Å².